The van der Waals surface area contributed by atoms with Crippen molar-refractivity contribution in [2.24, 2.45) is 0 Å². The maximum atomic E-state index is 12.0. The summed E-state index contributed by atoms with van der Waals surface area (Å²) < 4.78 is 33.6. The summed E-state index contributed by atoms with van der Waals surface area (Å²) in [4.78, 5) is 38.1. The van der Waals surface area contributed by atoms with Crippen molar-refractivity contribution < 1.29 is 32.7 Å². The number of rotatable bonds is 2. The minimum atomic E-state index is -5.08. The van der Waals surface area contributed by atoms with Gasteiger partial charge in [-0.05, 0) is 36.2 Å². The second kappa shape index (κ2) is 8.53. The van der Waals surface area contributed by atoms with E-state index < -0.39 is 18.2 Å². The summed E-state index contributed by atoms with van der Waals surface area (Å²) in [7, 11) is 0. The molecule has 0 bridgehead atoms. The molecule has 2 aliphatic rings. The smallest absolute Gasteiger partial charge is 0.475 e. The molecule has 0 radical (unpaired) electrons. The minimum absolute atomic E-state index is 0.236. The van der Waals surface area contributed by atoms with Crippen molar-refractivity contribution in [3.05, 3.63) is 36.2 Å². The molecule has 160 valence electrons. The first-order valence-corrected chi connectivity index (χ1v) is 8.95. The number of imidazole rings is 1. The number of halogens is 3. The molecule has 1 fully saturated rings. The fourth-order valence-corrected chi connectivity index (χ4v) is 3.03. The summed E-state index contributed by atoms with van der Waals surface area (Å²) in [5.74, 6) is -2.32. The van der Waals surface area contributed by atoms with Gasteiger partial charge in [-0.2, -0.15) is 13.2 Å². The fraction of sp³-hybridized carbons (Fsp3) is 0.333. The van der Waals surface area contributed by atoms with E-state index in [4.69, 9.17) is 9.90 Å². The predicted molar refractivity (Wildman–Crippen MR) is 99.8 cm³/mol. The highest BCUT2D eigenvalue weighted by Crippen LogP contribution is 2.24. The molecular weight excluding hydrogens is 407 g/mol. The van der Waals surface area contributed by atoms with Crippen molar-refractivity contribution in [3.63, 3.8) is 0 Å². The monoisotopic (exact) mass is 425 g/mol. The Kier molecular flexibility index (Phi) is 6.06. The number of carboxylic acids is 1. The molecule has 12 heteroatoms. The van der Waals surface area contributed by atoms with E-state index in [1.165, 1.54) is 5.57 Å². The Hall–Kier alpha value is -3.41. The summed E-state index contributed by atoms with van der Waals surface area (Å²) in [6.07, 6.45) is 2.02. The van der Waals surface area contributed by atoms with Crippen molar-refractivity contribution in [1.82, 2.24) is 20.0 Å². The van der Waals surface area contributed by atoms with Gasteiger partial charge in [0.2, 0.25) is 5.91 Å². The number of amides is 3. The van der Waals surface area contributed by atoms with Crippen LogP contribution in [0.5, 0.6) is 0 Å². The fourth-order valence-electron chi connectivity index (χ4n) is 3.03. The van der Waals surface area contributed by atoms with Gasteiger partial charge in [-0.1, -0.05) is 6.08 Å². The Morgan fingerprint density at radius 3 is 2.57 bits per heavy atom. The van der Waals surface area contributed by atoms with Gasteiger partial charge in [-0.25, -0.2) is 14.6 Å². The third kappa shape index (κ3) is 4.76. The highest BCUT2D eigenvalue weighted by Gasteiger charge is 2.38. The number of nitrogens with one attached hydrogen (secondary N) is 2. The lowest BCUT2D eigenvalue weighted by atomic mass is 10.0. The lowest BCUT2D eigenvalue weighted by Gasteiger charge is -2.25. The molecule has 9 nitrogen and oxygen atoms in total. The van der Waals surface area contributed by atoms with Crippen LogP contribution in [-0.4, -0.2) is 58.2 Å². The predicted octanol–water partition coefficient (Wildman–Crippen LogP) is 1.79. The maximum Gasteiger partial charge on any atom is 0.490 e. The Bertz CT molecular complexity index is 1010. The second-order valence-corrected chi connectivity index (χ2v) is 6.50. The summed E-state index contributed by atoms with van der Waals surface area (Å²) in [6.45, 7) is 2.25. The van der Waals surface area contributed by atoms with E-state index in [1.54, 1.807) is 11.1 Å². The average molecular weight is 425 g/mol. The van der Waals surface area contributed by atoms with Crippen LogP contribution in [0.2, 0.25) is 0 Å². The van der Waals surface area contributed by atoms with E-state index >= 15 is 0 Å². The first-order chi connectivity index (χ1) is 14.2. The Labute approximate surface area is 168 Å². The summed E-state index contributed by atoms with van der Waals surface area (Å²) >= 11 is 0. The first kappa shape index (κ1) is 21.3. The molecule has 3 amide bonds. The number of imide groups is 1. The van der Waals surface area contributed by atoms with E-state index in [0.29, 0.717) is 18.8 Å². The number of aromatic nitrogens is 2. The number of carbonyl (C=O) groups is 3. The topological polar surface area (TPSA) is 116 Å². The summed E-state index contributed by atoms with van der Waals surface area (Å²) in [6, 6.07) is 3.68. The van der Waals surface area contributed by atoms with Crippen LogP contribution in [0, 0.1) is 0 Å². The van der Waals surface area contributed by atoms with E-state index in [1.807, 2.05) is 22.7 Å². The maximum absolute atomic E-state index is 12.0. The van der Waals surface area contributed by atoms with Crippen molar-refractivity contribution >= 4 is 34.9 Å². The van der Waals surface area contributed by atoms with Gasteiger partial charge in [0, 0.05) is 25.7 Å². The molecule has 2 aliphatic heterocycles. The molecule has 4 heterocycles. The van der Waals surface area contributed by atoms with E-state index in [2.05, 4.69) is 21.7 Å². The molecule has 30 heavy (non-hydrogen) atoms. The van der Waals surface area contributed by atoms with Crippen LogP contribution in [0.1, 0.15) is 18.4 Å². The number of fused-ring (bicyclic) bond motifs is 1. The van der Waals surface area contributed by atoms with Gasteiger partial charge in [0.15, 0.2) is 0 Å². The zero-order valence-electron chi connectivity index (χ0n) is 15.6. The largest absolute Gasteiger partial charge is 0.490 e. The molecule has 3 N–H and O–H groups in total. The van der Waals surface area contributed by atoms with Crippen LogP contribution in [0.4, 0.5) is 23.8 Å². The number of nitrogens with zero attached hydrogens (tertiary/aromatic N) is 3. The van der Waals surface area contributed by atoms with Crippen LogP contribution >= 0.6 is 0 Å². The van der Waals surface area contributed by atoms with Gasteiger partial charge in [-0.15, -0.1) is 0 Å². The SMILES string of the molecule is O=C(O)C(F)(F)F.O=C1CCN(c2cnc3cc(C4=CCNCC4)ccn23)C(=O)N1. The highest BCUT2D eigenvalue weighted by molar-refractivity contribution is 6.05. The zero-order valence-corrected chi connectivity index (χ0v) is 15.6. The number of carboxylic acid groups (broad SMARTS) is 1. The number of alkyl halides is 3. The molecular formula is C18H18F3N5O4. The third-order valence-electron chi connectivity index (χ3n) is 4.50. The lowest BCUT2D eigenvalue weighted by Crippen LogP contribution is -2.50. The zero-order chi connectivity index (χ0) is 21.9. The highest BCUT2D eigenvalue weighted by atomic mass is 19.4. The van der Waals surface area contributed by atoms with Crippen LogP contribution < -0.4 is 15.5 Å². The Morgan fingerprint density at radius 1 is 1.23 bits per heavy atom. The standard InChI is InChI=1S/C16H17N5O2.C2HF3O2/c22-14-4-8-21(16(23)19-14)15-10-18-13-9-12(3-7-20(13)15)11-1-5-17-6-2-11;3-2(4,5)1(6)7/h1,3,7,9-10,17H,2,4-6,8H2,(H,19,22,23);(H,6,7). The van der Waals surface area contributed by atoms with Crippen molar-refractivity contribution in [2.75, 3.05) is 24.5 Å². The van der Waals surface area contributed by atoms with Gasteiger partial charge in [0.1, 0.15) is 11.5 Å². The number of urea groups is 1. The number of carbonyl (C=O) groups excluding carboxylic acids is 2. The summed E-state index contributed by atoms with van der Waals surface area (Å²) in [5.41, 5.74) is 3.27. The molecule has 1 saturated heterocycles. The van der Waals surface area contributed by atoms with Gasteiger partial charge >= 0.3 is 18.2 Å². The second-order valence-electron chi connectivity index (χ2n) is 6.50. The number of hydrogen-bond donors (Lipinski definition) is 3. The average Bonchev–Trinajstić information content (AvgIpc) is 3.11. The number of anilines is 1. The number of aliphatic carboxylic acids is 1. The van der Waals surface area contributed by atoms with Crippen LogP contribution in [0.25, 0.3) is 11.2 Å². The quantitative estimate of drug-likeness (QED) is 0.676. The molecule has 2 aromatic rings. The van der Waals surface area contributed by atoms with E-state index in [0.717, 1.165) is 30.7 Å². The normalized spacial score (nSPS) is 17.2. The Balaban J connectivity index is 0.000000318. The van der Waals surface area contributed by atoms with Crippen LogP contribution in [-0.2, 0) is 9.59 Å². The Morgan fingerprint density at radius 2 is 1.97 bits per heavy atom. The molecule has 2 aromatic heterocycles. The third-order valence-corrected chi connectivity index (χ3v) is 4.50. The van der Waals surface area contributed by atoms with Gasteiger partial charge < -0.3 is 10.4 Å². The molecule has 0 aromatic carbocycles. The van der Waals surface area contributed by atoms with Crippen molar-refractivity contribution in [1.29, 1.82) is 0 Å². The molecule has 0 spiro atoms. The van der Waals surface area contributed by atoms with Crippen molar-refractivity contribution in [2.45, 2.75) is 19.0 Å². The molecule has 0 saturated carbocycles. The molecule has 0 atom stereocenters. The van der Waals surface area contributed by atoms with Gasteiger partial charge in [0.25, 0.3) is 0 Å². The molecule has 0 unspecified atom stereocenters. The van der Waals surface area contributed by atoms with E-state index in [-0.39, 0.29) is 5.91 Å². The van der Waals surface area contributed by atoms with E-state index in [9.17, 15) is 22.8 Å². The number of hydrogen-bond acceptors (Lipinski definition) is 5. The van der Waals surface area contributed by atoms with Crippen molar-refractivity contribution in [3.8, 4) is 0 Å². The first-order valence-electron chi connectivity index (χ1n) is 8.95. The minimum Gasteiger partial charge on any atom is -0.475 e. The summed E-state index contributed by atoms with van der Waals surface area (Å²) in [5, 5.41) is 12.8. The molecule has 4 rings (SSSR count). The van der Waals surface area contributed by atoms with Gasteiger partial charge in [-0.3, -0.25) is 19.4 Å². The molecule has 0 aliphatic carbocycles. The lowest BCUT2D eigenvalue weighted by molar-refractivity contribution is -0.192. The number of pyridine rings is 1. The van der Waals surface area contributed by atoms with Crippen LogP contribution in [0.3, 0.4) is 0 Å². The van der Waals surface area contributed by atoms with Crippen LogP contribution in [0.15, 0.2) is 30.6 Å². The van der Waals surface area contributed by atoms with Gasteiger partial charge in [0.05, 0.1) is 6.20 Å².